The molecular weight excluding hydrogens is 257 g/mol. The van der Waals surface area contributed by atoms with Crippen LogP contribution in [0.4, 0.5) is 4.79 Å². The maximum atomic E-state index is 11.4. The van der Waals surface area contributed by atoms with E-state index in [1.54, 1.807) is 0 Å². The summed E-state index contributed by atoms with van der Waals surface area (Å²) in [5, 5.41) is 5.91. The normalized spacial score (nSPS) is 18.3. The molecule has 1 fully saturated rings. The van der Waals surface area contributed by atoms with Crippen molar-refractivity contribution in [3.8, 4) is 0 Å². The van der Waals surface area contributed by atoms with Crippen LogP contribution in [-0.2, 0) is 11.2 Å². The van der Waals surface area contributed by atoms with Crippen LogP contribution in [0, 0.1) is 0 Å². The first kappa shape index (κ1) is 13.8. The van der Waals surface area contributed by atoms with Gasteiger partial charge in [-0.2, -0.15) is 0 Å². The Kier molecular flexibility index (Phi) is 4.24. The fourth-order valence-corrected chi connectivity index (χ4v) is 2.12. The van der Waals surface area contributed by atoms with Gasteiger partial charge in [-0.05, 0) is 11.6 Å². The number of nitrogens with one attached hydrogen (secondary N) is 3. The molecule has 1 aromatic carbocycles. The molecule has 3 rings (SSSR count). The van der Waals surface area contributed by atoms with Crippen LogP contribution in [0.1, 0.15) is 5.56 Å². The van der Waals surface area contributed by atoms with Crippen molar-refractivity contribution in [1.82, 2.24) is 15.6 Å². The summed E-state index contributed by atoms with van der Waals surface area (Å²) >= 11 is 0. The summed E-state index contributed by atoms with van der Waals surface area (Å²) in [4.78, 5) is 25.6. The van der Waals surface area contributed by atoms with Crippen molar-refractivity contribution in [1.29, 1.82) is 0 Å². The van der Waals surface area contributed by atoms with Crippen LogP contribution in [0.15, 0.2) is 30.5 Å². The standard InChI is InChI=1S/C12H11N3O2.K/c16-11-10(14-12(17)15-11)5-7-6-13-9-4-2-1-3-8(7)9;/h1-4,6,10,13H,5H2,(H2,14,15,16,17);. The fourth-order valence-electron chi connectivity index (χ4n) is 2.12. The molecule has 1 unspecified atom stereocenters. The molecule has 0 bridgehead atoms. The molecule has 1 aliphatic heterocycles. The Labute approximate surface area is 146 Å². The van der Waals surface area contributed by atoms with Crippen LogP contribution < -0.4 is 10.6 Å². The molecule has 1 aromatic heterocycles. The zero-order valence-electron chi connectivity index (χ0n) is 9.99. The second-order valence-corrected chi connectivity index (χ2v) is 4.08. The monoisotopic (exact) mass is 268 g/mol. The van der Waals surface area contributed by atoms with Gasteiger partial charge in [-0.3, -0.25) is 10.1 Å². The number of benzene rings is 1. The maximum absolute atomic E-state index is 11.4. The van der Waals surface area contributed by atoms with Gasteiger partial charge in [-0.1, -0.05) is 18.2 Å². The molecule has 1 saturated heterocycles. The van der Waals surface area contributed by atoms with Gasteiger partial charge in [0.15, 0.2) is 0 Å². The first-order valence-electron chi connectivity index (χ1n) is 5.40. The van der Waals surface area contributed by atoms with Crippen LogP contribution in [0.25, 0.3) is 10.9 Å². The molecule has 87 valence electrons. The van der Waals surface area contributed by atoms with Gasteiger partial charge in [-0.15, -0.1) is 0 Å². The molecule has 1 aliphatic rings. The molecule has 1 radical (unpaired) electrons. The van der Waals surface area contributed by atoms with Crippen molar-refractivity contribution < 1.29 is 9.59 Å². The van der Waals surface area contributed by atoms with Gasteiger partial charge in [0, 0.05) is 74.9 Å². The largest absolute Gasteiger partial charge is 0.361 e. The number of carbonyl (C=O) groups is 2. The van der Waals surface area contributed by atoms with E-state index in [9.17, 15) is 9.59 Å². The van der Waals surface area contributed by atoms with E-state index in [1.165, 1.54) is 0 Å². The van der Waals surface area contributed by atoms with Crippen LogP contribution in [0.3, 0.4) is 0 Å². The Morgan fingerprint density at radius 3 is 2.67 bits per heavy atom. The molecule has 0 aliphatic carbocycles. The number of fused-ring (bicyclic) bond motifs is 1. The summed E-state index contributed by atoms with van der Waals surface area (Å²) < 4.78 is 0. The van der Waals surface area contributed by atoms with Crippen molar-refractivity contribution in [3.05, 3.63) is 36.0 Å². The Hall–Kier alpha value is -0.664. The second-order valence-electron chi connectivity index (χ2n) is 4.08. The number of H-pyrrole nitrogens is 1. The average Bonchev–Trinajstić information content (AvgIpc) is 2.85. The topological polar surface area (TPSA) is 74.0 Å². The van der Waals surface area contributed by atoms with E-state index in [-0.39, 0.29) is 57.3 Å². The van der Waals surface area contributed by atoms with Gasteiger partial charge < -0.3 is 10.3 Å². The maximum Gasteiger partial charge on any atom is 0.322 e. The molecule has 0 spiro atoms. The molecule has 1 atom stereocenters. The molecule has 3 amide bonds. The minimum Gasteiger partial charge on any atom is -0.361 e. The van der Waals surface area contributed by atoms with Gasteiger partial charge in [0.25, 0.3) is 5.91 Å². The summed E-state index contributed by atoms with van der Waals surface area (Å²) in [6.07, 6.45) is 2.38. The van der Waals surface area contributed by atoms with Gasteiger partial charge in [0.2, 0.25) is 0 Å². The third kappa shape index (κ3) is 2.52. The number of aromatic amines is 1. The first-order chi connectivity index (χ1) is 8.24. The zero-order chi connectivity index (χ0) is 11.8. The molecular formula is C12H11KN3O2. The third-order valence-corrected chi connectivity index (χ3v) is 2.96. The third-order valence-electron chi connectivity index (χ3n) is 2.96. The summed E-state index contributed by atoms with van der Waals surface area (Å²) in [7, 11) is 0. The number of rotatable bonds is 2. The molecule has 2 heterocycles. The second kappa shape index (κ2) is 5.54. The Balaban J connectivity index is 0.00000120. The van der Waals surface area contributed by atoms with Crippen LogP contribution in [0.5, 0.6) is 0 Å². The van der Waals surface area contributed by atoms with E-state index in [2.05, 4.69) is 15.6 Å². The number of carbonyl (C=O) groups excluding carboxylic acids is 2. The number of hydrogen-bond acceptors (Lipinski definition) is 2. The van der Waals surface area contributed by atoms with E-state index in [4.69, 9.17) is 0 Å². The van der Waals surface area contributed by atoms with E-state index >= 15 is 0 Å². The molecule has 0 saturated carbocycles. The molecule has 3 N–H and O–H groups in total. The number of imide groups is 1. The van der Waals surface area contributed by atoms with Gasteiger partial charge in [-0.25, -0.2) is 4.79 Å². The van der Waals surface area contributed by atoms with Gasteiger partial charge in [0.1, 0.15) is 6.04 Å². The van der Waals surface area contributed by atoms with E-state index in [1.807, 2.05) is 30.5 Å². The molecule has 18 heavy (non-hydrogen) atoms. The van der Waals surface area contributed by atoms with Crippen LogP contribution >= 0.6 is 0 Å². The first-order valence-corrected chi connectivity index (χ1v) is 5.40. The van der Waals surface area contributed by atoms with Gasteiger partial charge in [0.05, 0.1) is 0 Å². The van der Waals surface area contributed by atoms with Crippen molar-refractivity contribution >= 4 is 74.2 Å². The number of aromatic nitrogens is 1. The fraction of sp³-hybridized carbons (Fsp3) is 0.167. The van der Waals surface area contributed by atoms with Crippen molar-refractivity contribution in [2.45, 2.75) is 12.5 Å². The summed E-state index contributed by atoms with van der Waals surface area (Å²) in [6, 6.07) is 6.99. The van der Waals surface area contributed by atoms with Crippen molar-refractivity contribution in [2.24, 2.45) is 0 Å². The molecule has 5 nitrogen and oxygen atoms in total. The number of hydrogen-bond donors (Lipinski definition) is 3. The molecule has 6 heteroatoms. The Morgan fingerprint density at radius 2 is 1.94 bits per heavy atom. The zero-order valence-corrected chi connectivity index (χ0v) is 13.1. The number of urea groups is 1. The minimum absolute atomic E-state index is 0. The van der Waals surface area contributed by atoms with E-state index in [0.717, 1.165) is 16.5 Å². The summed E-state index contributed by atoms with van der Waals surface area (Å²) in [6.45, 7) is 0. The van der Waals surface area contributed by atoms with E-state index < -0.39 is 12.1 Å². The number of amides is 3. The van der Waals surface area contributed by atoms with Crippen LogP contribution in [-0.4, -0.2) is 74.3 Å². The minimum atomic E-state index is -0.471. The van der Waals surface area contributed by atoms with Gasteiger partial charge >= 0.3 is 6.03 Å². The quantitative estimate of drug-likeness (QED) is 0.549. The SMILES string of the molecule is O=C1NC(=O)C(Cc2c[nH]c3ccccc23)N1.[K]. The number of para-hydroxylation sites is 1. The van der Waals surface area contributed by atoms with Crippen molar-refractivity contribution in [2.75, 3.05) is 0 Å². The molecule has 2 aromatic rings. The Morgan fingerprint density at radius 1 is 1.17 bits per heavy atom. The van der Waals surface area contributed by atoms with Crippen LogP contribution in [0.2, 0.25) is 0 Å². The Bertz CT molecular complexity index is 608. The smallest absolute Gasteiger partial charge is 0.322 e. The van der Waals surface area contributed by atoms with E-state index in [0.29, 0.717) is 6.42 Å². The average molecular weight is 268 g/mol. The summed E-state index contributed by atoms with van der Waals surface area (Å²) in [5.74, 6) is -0.264. The summed E-state index contributed by atoms with van der Waals surface area (Å²) in [5.41, 5.74) is 2.06. The predicted molar refractivity (Wildman–Crippen MR) is 68.2 cm³/mol. The van der Waals surface area contributed by atoms with Crippen molar-refractivity contribution in [3.63, 3.8) is 0 Å². The predicted octanol–water partition coefficient (Wildman–Crippen LogP) is 0.538.